The van der Waals surface area contributed by atoms with E-state index in [1.807, 2.05) is 19.9 Å². The van der Waals surface area contributed by atoms with Crippen molar-refractivity contribution < 1.29 is 17.9 Å². The van der Waals surface area contributed by atoms with Crippen molar-refractivity contribution in [3.63, 3.8) is 0 Å². The molecule has 39 heavy (non-hydrogen) atoms. The van der Waals surface area contributed by atoms with Crippen LogP contribution >= 0.6 is 11.3 Å². The number of pyridine rings is 1. The van der Waals surface area contributed by atoms with Gasteiger partial charge >= 0.3 is 0 Å². The van der Waals surface area contributed by atoms with E-state index in [1.165, 1.54) is 24.2 Å². The van der Waals surface area contributed by atoms with Gasteiger partial charge in [-0.1, -0.05) is 63.0 Å². The van der Waals surface area contributed by atoms with Crippen LogP contribution in [0.25, 0.3) is 10.3 Å². The predicted molar refractivity (Wildman–Crippen MR) is 154 cm³/mol. The number of carbonyl (C=O) groups is 1. The fourth-order valence-electron chi connectivity index (χ4n) is 5.60. The zero-order chi connectivity index (χ0) is 27.6. The number of aromatic nitrogens is 2. The van der Waals surface area contributed by atoms with Gasteiger partial charge in [0.15, 0.2) is 5.13 Å². The lowest BCUT2D eigenvalue weighted by molar-refractivity contribution is -0.118. The normalized spacial score (nSPS) is 18.3. The quantitative estimate of drug-likeness (QED) is 0.309. The minimum absolute atomic E-state index is 0.125. The van der Waals surface area contributed by atoms with Gasteiger partial charge in [0.1, 0.15) is 10.3 Å². The number of thiazole rings is 1. The van der Waals surface area contributed by atoms with Gasteiger partial charge in [-0.15, -0.1) is 0 Å². The smallest absolute Gasteiger partial charge is 0.240 e. The van der Waals surface area contributed by atoms with Crippen molar-refractivity contribution in [2.75, 3.05) is 25.5 Å². The summed E-state index contributed by atoms with van der Waals surface area (Å²) in [6.07, 6.45) is 5.30. The number of benzene rings is 1. The third-order valence-electron chi connectivity index (χ3n) is 7.95. The lowest BCUT2D eigenvalue weighted by Crippen LogP contribution is -2.56. The molecule has 1 aromatic carbocycles. The van der Waals surface area contributed by atoms with E-state index < -0.39 is 15.9 Å². The Kier molecular flexibility index (Phi) is 8.51. The summed E-state index contributed by atoms with van der Waals surface area (Å²) in [5.41, 5.74) is 1.51. The van der Waals surface area contributed by atoms with E-state index in [0.717, 1.165) is 37.9 Å². The number of ether oxygens (including phenoxy) is 1. The van der Waals surface area contributed by atoms with Gasteiger partial charge in [0.2, 0.25) is 21.8 Å². The Balaban J connectivity index is 1.35. The molecule has 3 N–H and O–H groups in total. The van der Waals surface area contributed by atoms with Gasteiger partial charge in [0.25, 0.3) is 0 Å². The fourth-order valence-corrected chi connectivity index (χ4v) is 7.89. The fraction of sp³-hybridized carbons (Fsp3) is 0.536. The van der Waals surface area contributed by atoms with Crippen LogP contribution in [0.3, 0.4) is 0 Å². The molecule has 2 atom stereocenters. The van der Waals surface area contributed by atoms with Crippen molar-refractivity contribution in [2.45, 2.75) is 62.8 Å². The molecule has 3 heterocycles. The molecule has 2 fully saturated rings. The second-order valence-electron chi connectivity index (χ2n) is 11.0. The molecule has 0 bridgehead atoms. The molecule has 2 aromatic heterocycles. The Morgan fingerprint density at radius 2 is 1.82 bits per heavy atom. The lowest BCUT2D eigenvalue weighted by atomic mass is 9.87. The Bertz CT molecular complexity index is 1400. The Hall–Kier alpha value is -2.60. The third kappa shape index (κ3) is 6.42. The van der Waals surface area contributed by atoms with Gasteiger partial charge in [0, 0.05) is 31.1 Å². The van der Waals surface area contributed by atoms with Crippen LogP contribution < -0.4 is 20.1 Å². The predicted octanol–water partition coefficient (Wildman–Crippen LogP) is 4.52. The molecule has 2 aliphatic rings. The van der Waals surface area contributed by atoms with Crippen molar-refractivity contribution in [2.24, 2.45) is 17.8 Å². The molecule has 0 radical (unpaired) electrons. The van der Waals surface area contributed by atoms with Crippen molar-refractivity contribution in [3.8, 4) is 5.88 Å². The molecule has 0 spiro atoms. The minimum Gasteiger partial charge on any atom is -0.481 e. The highest BCUT2D eigenvalue weighted by Gasteiger charge is 2.33. The summed E-state index contributed by atoms with van der Waals surface area (Å²) in [5, 5.41) is 6.71. The highest BCUT2D eigenvalue weighted by Crippen LogP contribution is 2.36. The van der Waals surface area contributed by atoms with Crippen molar-refractivity contribution >= 4 is 42.7 Å². The largest absolute Gasteiger partial charge is 0.481 e. The summed E-state index contributed by atoms with van der Waals surface area (Å²) in [6.45, 7) is 5.72. The van der Waals surface area contributed by atoms with Gasteiger partial charge in [-0.25, -0.2) is 23.1 Å². The Morgan fingerprint density at radius 3 is 2.44 bits per heavy atom. The molecule has 2 unspecified atom stereocenters. The van der Waals surface area contributed by atoms with E-state index in [-0.39, 0.29) is 28.7 Å². The van der Waals surface area contributed by atoms with Crippen LogP contribution in [0.4, 0.5) is 5.13 Å². The van der Waals surface area contributed by atoms with Gasteiger partial charge in [-0.05, 0) is 42.0 Å². The van der Waals surface area contributed by atoms with Gasteiger partial charge in [-0.3, -0.25) is 4.79 Å². The number of carbonyl (C=O) groups excluding carboxylic acids is 1. The van der Waals surface area contributed by atoms with E-state index in [1.54, 1.807) is 37.4 Å². The third-order valence-corrected chi connectivity index (χ3v) is 10.3. The number of hydrogen-bond acceptors (Lipinski definition) is 8. The lowest BCUT2D eigenvalue weighted by Gasteiger charge is -2.37. The molecule has 1 aliphatic carbocycles. The number of sulfonamides is 1. The first-order valence-corrected chi connectivity index (χ1v) is 16.0. The summed E-state index contributed by atoms with van der Waals surface area (Å²) < 4.78 is 34.6. The molecule has 1 saturated heterocycles. The Labute approximate surface area is 234 Å². The monoisotopic (exact) mass is 571 g/mol. The minimum atomic E-state index is -3.68. The summed E-state index contributed by atoms with van der Waals surface area (Å²) in [4.78, 5) is 23.4. The first-order valence-electron chi connectivity index (χ1n) is 13.7. The van der Waals surface area contributed by atoms with Crippen molar-refractivity contribution in [3.05, 3.63) is 42.0 Å². The highest BCUT2D eigenvalue weighted by atomic mass is 32.2. The first kappa shape index (κ1) is 27.9. The molecule has 1 aliphatic heterocycles. The highest BCUT2D eigenvalue weighted by molar-refractivity contribution is 7.89. The summed E-state index contributed by atoms with van der Waals surface area (Å²) in [6, 6.07) is 10.3. The molecule has 3 aromatic rings. The van der Waals surface area contributed by atoms with E-state index in [0.29, 0.717) is 27.3 Å². The average Bonchev–Trinajstić information content (AvgIpc) is 3.54. The van der Waals surface area contributed by atoms with Crippen LogP contribution in [0.1, 0.15) is 57.4 Å². The van der Waals surface area contributed by atoms with Crippen LogP contribution in [-0.2, 0) is 14.8 Å². The topological polar surface area (TPSA) is 122 Å². The van der Waals surface area contributed by atoms with Crippen LogP contribution in [0.5, 0.6) is 5.88 Å². The number of amides is 1. The van der Waals surface area contributed by atoms with E-state index in [2.05, 4.69) is 25.3 Å². The zero-order valence-corrected chi connectivity index (χ0v) is 24.3. The van der Waals surface area contributed by atoms with Crippen LogP contribution in [0.15, 0.2) is 41.3 Å². The number of fused-ring (bicyclic) bond motifs is 1. The maximum Gasteiger partial charge on any atom is 0.240 e. The van der Waals surface area contributed by atoms with Crippen molar-refractivity contribution in [1.82, 2.24) is 20.0 Å². The molecule has 1 amide bonds. The first-order chi connectivity index (χ1) is 18.7. The summed E-state index contributed by atoms with van der Waals surface area (Å²) in [5.74, 6) is 0.893. The van der Waals surface area contributed by atoms with Crippen molar-refractivity contribution in [1.29, 1.82) is 0 Å². The van der Waals surface area contributed by atoms with Gasteiger partial charge in [0.05, 0.1) is 17.9 Å². The molecule has 210 valence electrons. The number of anilines is 1. The zero-order valence-electron chi connectivity index (χ0n) is 22.6. The van der Waals surface area contributed by atoms with Gasteiger partial charge in [-0.2, -0.15) is 0 Å². The molecular weight excluding hydrogens is 534 g/mol. The molecule has 9 nitrogen and oxygen atoms in total. The van der Waals surface area contributed by atoms with Crippen LogP contribution in [0, 0.1) is 17.8 Å². The number of nitrogens with one attached hydrogen (secondary N) is 3. The standard InChI is InChI=1S/C28H37N5O4S2/c1-17(2)25(20-15-29-16-20)33-39(35,36)21-10-8-19(9-11-21)22(14-18-6-4-5-7-18)26(34)32-28-30-23-12-13-24(37-3)31-27(23)38-28/h8-13,17-18,20,22,25,29,33H,4-7,14-16H2,1-3H3,(H,30,32,34). The molecule has 11 heteroatoms. The SMILES string of the molecule is COc1ccc2nc(NC(=O)C(CC3CCCC3)c3ccc(S(=O)(=O)NC(C(C)C)C4CNC4)cc3)sc2n1. The maximum absolute atomic E-state index is 13.6. The number of hydrogen-bond donors (Lipinski definition) is 3. The molecule has 1 saturated carbocycles. The molecule has 5 rings (SSSR count). The number of rotatable bonds is 11. The van der Waals surface area contributed by atoms with Crippen LogP contribution in [0.2, 0.25) is 0 Å². The summed E-state index contributed by atoms with van der Waals surface area (Å²) in [7, 11) is -2.12. The maximum atomic E-state index is 13.6. The number of nitrogens with zero attached hydrogens (tertiary/aromatic N) is 2. The average molecular weight is 572 g/mol. The van der Waals surface area contributed by atoms with Gasteiger partial charge < -0.3 is 15.4 Å². The second-order valence-corrected chi connectivity index (χ2v) is 13.7. The van der Waals surface area contributed by atoms with Crippen LogP contribution in [-0.4, -0.2) is 50.5 Å². The molecular formula is C28H37N5O4S2. The Morgan fingerprint density at radius 1 is 1.10 bits per heavy atom. The summed E-state index contributed by atoms with van der Waals surface area (Å²) >= 11 is 1.31. The van der Waals surface area contributed by atoms with E-state index >= 15 is 0 Å². The van der Waals surface area contributed by atoms with E-state index in [4.69, 9.17) is 4.74 Å². The second kappa shape index (κ2) is 11.9. The van der Waals surface area contributed by atoms with E-state index in [9.17, 15) is 13.2 Å². The number of methoxy groups -OCH3 is 1.